The van der Waals surface area contributed by atoms with Gasteiger partial charge in [-0.1, -0.05) is 11.6 Å². The summed E-state index contributed by atoms with van der Waals surface area (Å²) in [5, 5.41) is 11.0. The number of nitrogens with two attached hydrogens (primary N) is 1. The Labute approximate surface area is 116 Å². The van der Waals surface area contributed by atoms with Crippen molar-refractivity contribution in [2.24, 2.45) is 11.7 Å². The second-order valence-corrected chi connectivity index (χ2v) is 5.17. The zero-order valence-electron chi connectivity index (χ0n) is 10.6. The van der Waals surface area contributed by atoms with Crippen LogP contribution in [0.3, 0.4) is 0 Å². The van der Waals surface area contributed by atoms with Crippen molar-refractivity contribution in [3.05, 3.63) is 27.4 Å². The largest absolute Gasteiger partial charge is 0.355 e. The third kappa shape index (κ3) is 3.33. The van der Waals surface area contributed by atoms with Gasteiger partial charge in [-0.25, -0.2) is 4.98 Å². The Morgan fingerprint density at radius 1 is 1.53 bits per heavy atom. The normalized spacial score (nSPS) is 16.6. The molecule has 6 nitrogen and oxygen atoms in total. The molecule has 2 rings (SSSR count). The number of rotatable bonds is 4. The molecule has 0 unspecified atom stereocenters. The lowest BCUT2D eigenvalue weighted by Crippen LogP contribution is -2.35. The molecule has 19 heavy (non-hydrogen) atoms. The Balaban J connectivity index is 2.05. The van der Waals surface area contributed by atoms with Gasteiger partial charge in [-0.05, 0) is 31.7 Å². The number of nitro groups is 1. The molecule has 2 heterocycles. The van der Waals surface area contributed by atoms with Crippen LogP contribution in [0.25, 0.3) is 0 Å². The summed E-state index contributed by atoms with van der Waals surface area (Å²) in [7, 11) is 0. The molecule has 0 aromatic carbocycles. The highest BCUT2D eigenvalue weighted by atomic mass is 35.5. The SMILES string of the molecule is NCCC1CCN(c2ncc([N+](=O)[O-])cc2Cl)CC1. The van der Waals surface area contributed by atoms with Crippen molar-refractivity contribution >= 4 is 23.1 Å². The first kappa shape index (κ1) is 14.0. The van der Waals surface area contributed by atoms with Gasteiger partial charge in [-0.2, -0.15) is 0 Å². The quantitative estimate of drug-likeness (QED) is 0.677. The highest BCUT2D eigenvalue weighted by Gasteiger charge is 2.22. The molecule has 1 aliphatic rings. The van der Waals surface area contributed by atoms with E-state index >= 15 is 0 Å². The Morgan fingerprint density at radius 3 is 2.74 bits per heavy atom. The average Bonchev–Trinajstić information content (AvgIpc) is 2.40. The fourth-order valence-corrected chi connectivity index (χ4v) is 2.70. The van der Waals surface area contributed by atoms with E-state index in [-0.39, 0.29) is 5.69 Å². The first-order valence-electron chi connectivity index (χ1n) is 6.36. The predicted molar refractivity (Wildman–Crippen MR) is 74.5 cm³/mol. The van der Waals surface area contributed by atoms with Crippen LogP contribution in [0.1, 0.15) is 19.3 Å². The van der Waals surface area contributed by atoms with Crippen LogP contribution < -0.4 is 10.6 Å². The van der Waals surface area contributed by atoms with Crippen LogP contribution in [-0.2, 0) is 0 Å². The van der Waals surface area contributed by atoms with E-state index in [4.69, 9.17) is 17.3 Å². The molecule has 1 aliphatic heterocycles. The smallest absolute Gasteiger partial charge is 0.289 e. The van der Waals surface area contributed by atoms with E-state index in [1.54, 1.807) is 0 Å². The van der Waals surface area contributed by atoms with Crippen LogP contribution in [0.2, 0.25) is 5.02 Å². The molecule has 2 N–H and O–H groups in total. The molecule has 0 saturated carbocycles. The van der Waals surface area contributed by atoms with E-state index in [1.807, 2.05) is 0 Å². The maximum atomic E-state index is 10.6. The first-order valence-corrected chi connectivity index (χ1v) is 6.74. The van der Waals surface area contributed by atoms with Crippen molar-refractivity contribution in [1.29, 1.82) is 0 Å². The Bertz CT molecular complexity index is 461. The van der Waals surface area contributed by atoms with Gasteiger partial charge >= 0.3 is 0 Å². The minimum atomic E-state index is -0.490. The molecule has 104 valence electrons. The van der Waals surface area contributed by atoms with Crippen LogP contribution in [0.5, 0.6) is 0 Å². The van der Waals surface area contributed by atoms with Gasteiger partial charge in [0.05, 0.1) is 9.95 Å². The van der Waals surface area contributed by atoms with Gasteiger partial charge in [0.15, 0.2) is 0 Å². The molecule has 1 aromatic heterocycles. The lowest BCUT2D eigenvalue weighted by Gasteiger charge is -2.33. The zero-order valence-corrected chi connectivity index (χ0v) is 11.3. The van der Waals surface area contributed by atoms with Crippen molar-refractivity contribution in [3.63, 3.8) is 0 Å². The van der Waals surface area contributed by atoms with Crippen molar-refractivity contribution in [1.82, 2.24) is 4.98 Å². The Kier molecular flexibility index (Phi) is 4.55. The van der Waals surface area contributed by atoms with Crippen molar-refractivity contribution in [2.45, 2.75) is 19.3 Å². The lowest BCUT2D eigenvalue weighted by atomic mass is 9.94. The summed E-state index contributed by atoms with van der Waals surface area (Å²) in [4.78, 5) is 16.4. The highest BCUT2D eigenvalue weighted by molar-refractivity contribution is 6.33. The molecule has 0 amide bonds. The fraction of sp³-hybridized carbons (Fsp3) is 0.583. The summed E-state index contributed by atoms with van der Waals surface area (Å²) in [5.41, 5.74) is 5.49. The van der Waals surface area contributed by atoms with Gasteiger partial charge in [-0.15, -0.1) is 0 Å². The fourth-order valence-electron chi connectivity index (χ4n) is 2.42. The van der Waals surface area contributed by atoms with Crippen molar-refractivity contribution in [2.75, 3.05) is 24.5 Å². The molecule has 1 aromatic rings. The van der Waals surface area contributed by atoms with Gasteiger partial charge in [0.2, 0.25) is 0 Å². The zero-order chi connectivity index (χ0) is 13.8. The number of nitrogens with zero attached hydrogens (tertiary/aromatic N) is 3. The van der Waals surface area contributed by atoms with E-state index in [2.05, 4.69) is 9.88 Å². The predicted octanol–water partition coefficient (Wildman–Crippen LogP) is 2.21. The maximum absolute atomic E-state index is 10.6. The first-order chi connectivity index (χ1) is 9.11. The summed E-state index contributed by atoms with van der Waals surface area (Å²) in [6.45, 7) is 2.46. The van der Waals surface area contributed by atoms with Crippen LogP contribution in [0.4, 0.5) is 11.5 Å². The van der Waals surface area contributed by atoms with Gasteiger partial charge in [0.1, 0.15) is 12.0 Å². The summed E-state index contributed by atoms with van der Waals surface area (Å²) in [6, 6.07) is 1.36. The van der Waals surface area contributed by atoms with Crippen molar-refractivity contribution < 1.29 is 4.92 Å². The second kappa shape index (κ2) is 6.16. The number of hydrogen-bond donors (Lipinski definition) is 1. The molecular weight excluding hydrogens is 268 g/mol. The minimum Gasteiger partial charge on any atom is -0.355 e. The van der Waals surface area contributed by atoms with Gasteiger partial charge < -0.3 is 10.6 Å². The molecule has 1 saturated heterocycles. The molecular formula is C12H17ClN4O2. The molecule has 0 spiro atoms. The third-order valence-corrected chi connectivity index (χ3v) is 3.79. The van der Waals surface area contributed by atoms with E-state index < -0.39 is 4.92 Å². The molecule has 0 radical (unpaired) electrons. The maximum Gasteiger partial charge on any atom is 0.289 e. The summed E-state index contributed by atoms with van der Waals surface area (Å²) < 4.78 is 0. The summed E-state index contributed by atoms with van der Waals surface area (Å²) in [5.74, 6) is 1.30. The summed E-state index contributed by atoms with van der Waals surface area (Å²) >= 11 is 6.08. The number of aromatic nitrogens is 1. The van der Waals surface area contributed by atoms with Crippen LogP contribution in [0.15, 0.2) is 12.3 Å². The van der Waals surface area contributed by atoms with Crippen LogP contribution >= 0.6 is 11.6 Å². The number of piperidine rings is 1. The lowest BCUT2D eigenvalue weighted by molar-refractivity contribution is -0.385. The van der Waals surface area contributed by atoms with Gasteiger partial charge in [-0.3, -0.25) is 10.1 Å². The number of halogens is 1. The average molecular weight is 285 g/mol. The standard InChI is InChI=1S/C12H17ClN4O2/c13-11-7-10(17(18)19)8-15-12(11)16-5-2-9(1-4-14)3-6-16/h7-9H,1-6,14H2. The number of anilines is 1. The highest BCUT2D eigenvalue weighted by Crippen LogP contribution is 2.30. The Hall–Kier alpha value is -1.40. The van der Waals surface area contributed by atoms with E-state index in [1.165, 1.54) is 12.3 Å². The summed E-state index contributed by atoms with van der Waals surface area (Å²) in [6.07, 6.45) is 4.43. The monoisotopic (exact) mass is 284 g/mol. The minimum absolute atomic E-state index is 0.0771. The molecule has 7 heteroatoms. The van der Waals surface area contributed by atoms with E-state index in [0.717, 1.165) is 38.9 Å². The topological polar surface area (TPSA) is 85.3 Å². The molecule has 0 bridgehead atoms. The van der Waals surface area contributed by atoms with Crippen LogP contribution in [-0.4, -0.2) is 29.5 Å². The van der Waals surface area contributed by atoms with E-state index in [0.29, 0.717) is 16.8 Å². The van der Waals surface area contributed by atoms with Gasteiger partial charge in [0.25, 0.3) is 5.69 Å². The third-order valence-electron chi connectivity index (χ3n) is 3.51. The second-order valence-electron chi connectivity index (χ2n) is 4.76. The van der Waals surface area contributed by atoms with Gasteiger partial charge in [0, 0.05) is 19.2 Å². The molecule has 0 aliphatic carbocycles. The van der Waals surface area contributed by atoms with E-state index in [9.17, 15) is 10.1 Å². The van der Waals surface area contributed by atoms with Crippen molar-refractivity contribution in [3.8, 4) is 0 Å². The van der Waals surface area contributed by atoms with Crippen LogP contribution in [0, 0.1) is 16.0 Å². The number of pyridine rings is 1. The molecule has 1 fully saturated rings. The number of hydrogen-bond acceptors (Lipinski definition) is 5. The Morgan fingerprint density at radius 2 is 2.21 bits per heavy atom. The molecule has 0 atom stereocenters.